The molecule has 0 saturated carbocycles. The second-order valence-corrected chi connectivity index (χ2v) is 9.31. The zero-order valence-electron chi connectivity index (χ0n) is 21.3. The molecule has 0 aromatic heterocycles. The van der Waals surface area contributed by atoms with Crippen LogP contribution in [-0.4, -0.2) is 82.2 Å². The summed E-state index contributed by atoms with van der Waals surface area (Å²) >= 11 is 3.41. The third-order valence-electron chi connectivity index (χ3n) is 5.97. The molecule has 2 aromatic rings. The number of amides is 1. The monoisotopic (exact) mass is 562 g/mol. The number of aliphatic hydroxyl groups is 1. The van der Waals surface area contributed by atoms with Crippen LogP contribution in [0.3, 0.4) is 0 Å². The van der Waals surface area contributed by atoms with Gasteiger partial charge in [-0.1, -0.05) is 0 Å². The maximum atomic E-state index is 13.3. The molecule has 1 saturated heterocycles. The van der Waals surface area contributed by atoms with Crippen molar-refractivity contribution in [3.05, 3.63) is 51.5 Å². The molecule has 0 spiro atoms. The van der Waals surface area contributed by atoms with E-state index in [0.717, 1.165) is 6.54 Å². The van der Waals surface area contributed by atoms with Crippen molar-refractivity contribution in [2.24, 2.45) is 0 Å². The number of halogens is 1. The van der Waals surface area contributed by atoms with Crippen molar-refractivity contribution in [3.8, 4) is 23.0 Å². The largest absolute Gasteiger partial charge is 0.507 e. The highest BCUT2D eigenvalue weighted by atomic mass is 79.9. The molecule has 10 heteroatoms. The third kappa shape index (κ3) is 5.29. The fourth-order valence-corrected chi connectivity index (χ4v) is 4.78. The Morgan fingerprint density at radius 3 is 2.08 bits per heavy atom. The Hall–Kier alpha value is -3.24. The van der Waals surface area contributed by atoms with Crippen molar-refractivity contribution in [1.82, 2.24) is 9.80 Å². The van der Waals surface area contributed by atoms with Gasteiger partial charge in [-0.2, -0.15) is 0 Å². The zero-order chi connectivity index (χ0) is 26.6. The van der Waals surface area contributed by atoms with Crippen LogP contribution in [0.15, 0.2) is 40.4 Å². The summed E-state index contributed by atoms with van der Waals surface area (Å²) in [7, 11) is 9.88. The smallest absolute Gasteiger partial charge is 0.295 e. The minimum atomic E-state index is -0.859. The summed E-state index contributed by atoms with van der Waals surface area (Å²) in [5, 5.41) is 11.3. The molecule has 0 bridgehead atoms. The summed E-state index contributed by atoms with van der Waals surface area (Å²) in [5.41, 5.74) is 0.894. The van der Waals surface area contributed by atoms with Crippen LogP contribution >= 0.6 is 15.9 Å². The van der Waals surface area contributed by atoms with Gasteiger partial charge >= 0.3 is 0 Å². The van der Waals surface area contributed by atoms with Gasteiger partial charge in [-0.05, 0) is 78.9 Å². The highest BCUT2D eigenvalue weighted by Gasteiger charge is 2.46. The summed E-state index contributed by atoms with van der Waals surface area (Å²) in [6.07, 6.45) is 0.634. The molecule has 1 amide bonds. The van der Waals surface area contributed by atoms with Crippen LogP contribution in [-0.2, 0) is 9.59 Å². The highest BCUT2D eigenvalue weighted by molar-refractivity contribution is 9.10. The number of ketones is 1. The van der Waals surface area contributed by atoms with Crippen molar-refractivity contribution in [2.45, 2.75) is 12.5 Å². The van der Waals surface area contributed by atoms with E-state index in [4.69, 9.17) is 18.9 Å². The van der Waals surface area contributed by atoms with Gasteiger partial charge < -0.3 is 33.9 Å². The summed E-state index contributed by atoms with van der Waals surface area (Å²) in [4.78, 5) is 30.0. The summed E-state index contributed by atoms with van der Waals surface area (Å²) in [6, 6.07) is 7.45. The fraction of sp³-hybridized carbons (Fsp3) is 0.385. The number of rotatable bonds is 10. The van der Waals surface area contributed by atoms with Gasteiger partial charge in [0.1, 0.15) is 11.5 Å². The van der Waals surface area contributed by atoms with Gasteiger partial charge in [0.05, 0.1) is 44.5 Å². The molecule has 1 atom stereocenters. The summed E-state index contributed by atoms with van der Waals surface area (Å²) in [6.45, 7) is 1.03. The molecule has 0 radical (unpaired) electrons. The van der Waals surface area contributed by atoms with Crippen molar-refractivity contribution < 1.29 is 33.6 Å². The first-order valence-electron chi connectivity index (χ1n) is 11.2. The number of Topliss-reactive ketones (excluding diaryl/α,β-unsaturated/α-hetero) is 1. The Morgan fingerprint density at radius 2 is 1.58 bits per heavy atom. The molecule has 1 N–H and O–H groups in total. The first-order chi connectivity index (χ1) is 17.2. The van der Waals surface area contributed by atoms with Crippen molar-refractivity contribution in [3.63, 3.8) is 0 Å². The van der Waals surface area contributed by atoms with E-state index in [1.807, 2.05) is 19.0 Å². The van der Waals surface area contributed by atoms with Crippen molar-refractivity contribution in [2.75, 3.05) is 55.6 Å². The Kier molecular flexibility index (Phi) is 8.86. The van der Waals surface area contributed by atoms with Crippen LogP contribution in [0.4, 0.5) is 0 Å². The Labute approximate surface area is 219 Å². The second kappa shape index (κ2) is 11.7. The van der Waals surface area contributed by atoms with E-state index in [9.17, 15) is 14.7 Å². The first kappa shape index (κ1) is 27.3. The lowest BCUT2D eigenvalue weighted by atomic mass is 9.94. The number of likely N-dealkylation sites (tertiary alicyclic amines) is 1. The molecule has 3 rings (SSSR count). The van der Waals surface area contributed by atoms with Gasteiger partial charge in [0.2, 0.25) is 5.75 Å². The molecular formula is C26H31BrN2O7. The predicted molar refractivity (Wildman–Crippen MR) is 139 cm³/mol. The predicted octanol–water partition coefficient (Wildman–Crippen LogP) is 3.86. The van der Waals surface area contributed by atoms with E-state index < -0.39 is 17.7 Å². The van der Waals surface area contributed by atoms with E-state index in [1.165, 1.54) is 33.3 Å². The summed E-state index contributed by atoms with van der Waals surface area (Å²) < 4.78 is 22.3. The number of hydrogen-bond donors (Lipinski definition) is 1. The zero-order valence-corrected chi connectivity index (χ0v) is 22.8. The third-order valence-corrected chi connectivity index (χ3v) is 6.59. The van der Waals surface area contributed by atoms with Crippen LogP contribution in [0.1, 0.15) is 23.6 Å². The molecule has 9 nitrogen and oxygen atoms in total. The average Bonchev–Trinajstić information content (AvgIpc) is 3.12. The number of nitrogens with zero attached hydrogens (tertiary/aromatic N) is 2. The quantitative estimate of drug-likeness (QED) is 0.265. The van der Waals surface area contributed by atoms with Gasteiger partial charge in [0, 0.05) is 12.1 Å². The highest BCUT2D eigenvalue weighted by Crippen LogP contribution is 2.46. The lowest BCUT2D eigenvalue weighted by molar-refractivity contribution is -0.139. The van der Waals surface area contributed by atoms with E-state index in [-0.39, 0.29) is 11.3 Å². The number of hydrogen-bond acceptors (Lipinski definition) is 8. The van der Waals surface area contributed by atoms with Gasteiger partial charge in [-0.15, -0.1) is 0 Å². The van der Waals surface area contributed by atoms with Crippen molar-refractivity contribution >= 4 is 33.4 Å². The average molecular weight is 563 g/mol. The first-order valence-corrected chi connectivity index (χ1v) is 12.0. The van der Waals surface area contributed by atoms with Crippen LogP contribution in [0, 0.1) is 0 Å². The molecule has 1 fully saturated rings. The normalized spacial score (nSPS) is 17.0. The van der Waals surface area contributed by atoms with Gasteiger partial charge in [0.15, 0.2) is 11.5 Å². The minimum Gasteiger partial charge on any atom is -0.507 e. The van der Waals surface area contributed by atoms with Crippen LogP contribution in [0.2, 0.25) is 0 Å². The summed E-state index contributed by atoms with van der Waals surface area (Å²) in [5.74, 6) is -0.0321. The fourth-order valence-electron chi connectivity index (χ4n) is 4.24. The maximum absolute atomic E-state index is 13.3. The topological polar surface area (TPSA) is 97.8 Å². The number of aliphatic hydroxyl groups excluding tert-OH is 1. The molecule has 1 aliphatic rings. The van der Waals surface area contributed by atoms with E-state index in [1.54, 1.807) is 30.3 Å². The maximum Gasteiger partial charge on any atom is 0.295 e. The Morgan fingerprint density at radius 1 is 0.972 bits per heavy atom. The van der Waals surface area contributed by atoms with Gasteiger partial charge in [0.25, 0.3) is 11.7 Å². The molecule has 36 heavy (non-hydrogen) atoms. The van der Waals surface area contributed by atoms with E-state index in [0.29, 0.717) is 51.6 Å². The SMILES string of the molecule is COc1ccc(/C(O)=C2\C(=O)C(=O)N(CCCN(C)C)C2c2cc(OC)c(OC)c(OC)c2)cc1Br. The Bertz CT molecular complexity index is 1150. The molecule has 1 unspecified atom stereocenters. The van der Waals surface area contributed by atoms with E-state index >= 15 is 0 Å². The van der Waals surface area contributed by atoms with Crippen LogP contribution in [0.5, 0.6) is 23.0 Å². The molecule has 2 aromatic carbocycles. The molecule has 194 valence electrons. The number of carbonyl (C=O) groups is 2. The molecular weight excluding hydrogens is 532 g/mol. The number of carbonyl (C=O) groups excluding carboxylic acids is 2. The number of methoxy groups -OCH3 is 4. The lowest BCUT2D eigenvalue weighted by Crippen LogP contribution is -2.32. The van der Waals surface area contributed by atoms with Gasteiger partial charge in [-0.25, -0.2) is 0 Å². The molecule has 1 aliphatic heterocycles. The van der Waals surface area contributed by atoms with Crippen LogP contribution < -0.4 is 18.9 Å². The lowest BCUT2D eigenvalue weighted by Gasteiger charge is -2.27. The number of benzene rings is 2. The molecule has 1 heterocycles. The van der Waals surface area contributed by atoms with Gasteiger partial charge in [-0.3, -0.25) is 9.59 Å². The van der Waals surface area contributed by atoms with Crippen molar-refractivity contribution in [1.29, 1.82) is 0 Å². The minimum absolute atomic E-state index is 0.0174. The second-order valence-electron chi connectivity index (χ2n) is 8.46. The van der Waals surface area contributed by atoms with E-state index in [2.05, 4.69) is 15.9 Å². The number of ether oxygens (including phenoxy) is 4. The van der Waals surface area contributed by atoms with Crippen LogP contribution in [0.25, 0.3) is 5.76 Å². The molecule has 0 aliphatic carbocycles. The standard InChI is InChI=1S/C26H31BrN2O7/c1-28(2)10-7-11-29-22(16-13-19(34-4)25(36-6)20(14-16)35-5)21(24(31)26(29)32)23(30)15-8-9-18(33-3)17(27)12-15/h8-9,12-14,22,30H,7,10-11H2,1-6H3/b23-21+. The Balaban J connectivity index is 2.23.